The van der Waals surface area contributed by atoms with Crippen LogP contribution in [-0.2, 0) is 13.1 Å². The van der Waals surface area contributed by atoms with Crippen LogP contribution in [0.3, 0.4) is 0 Å². The van der Waals surface area contributed by atoms with Crippen LogP contribution in [0.2, 0.25) is 0 Å². The van der Waals surface area contributed by atoms with E-state index in [1.54, 1.807) is 0 Å². The van der Waals surface area contributed by atoms with Gasteiger partial charge < -0.3 is 9.80 Å². The summed E-state index contributed by atoms with van der Waals surface area (Å²) in [5, 5.41) is 4.52. The van der Waals surface area contributed by atoms with Crippen molar-refractivity contribution < 1.29 is 0 Å². The molecule has 21 heavy (non-hydrogen) atoms. The van der Waals surface area contributed by atoms with Crippen molar-refractivity contribution in [1.82, 2.24) is 14.8 Å². The smallest absolute Gasteiger partial charge is 0.169 e. The topological polar surface area (TPSA) is 37.2 Å². The Bertz CT molecular complexity index is 606. The van der Waals surface area contributed by atoms with Crippen LogP contribution in [0.4, 0.5) is 11.4 Å². The van der Waals surface area contributed by atoms with Gasteiger partial charge >= 0.3 is 0 Å². The van der Waals surface area contributed by atoms with E-state index in [4.69, 9.17) is 0 Å². The summed E-state index contributed by atoms with van der Waals surface area (Å²) in [6.45, 7) is 8.11. The predicted molar refractivity (Wildman–Crippen MR) is 85.6 cm³/mol. The maximum absolute atomic E-state index is 4.52. The number of para-hydroxylation sites is 2. The molecule has 0 spiro atoms. The summed E-state index contributed by atoms with van der Waals surface area (Å²) < 4.78 is 1.88. The highest BCUT2D eigenvalue weighted by atomic mass is 15.3. The van der Waals surface area contributed by atoms with Gasteiger partial charge in [-0.2, -0.15) is 5.10 Å². The lowest BCUT2D eigenvalue weighted by molar-refractivity contribution is 0.562. The van der Waals surface area contributed by atoms with Crippen molar-refractivity contribution in [3.63, 3.8) is 0 Å². The zero-order valence-corrected chi connectivity index (χ0v) is 13.0. The van der Waals surface area contributed by atoms with Gasteiger partial charge in [0, 0.05) is 26.7 Å². The van der Waals surface area contributed by atoms with E-state index in [2.05, 4.69) is 65.0 Å². The van der Waals surface area contributed by atoms with Crippen LogP contribution in [0.5, 0.6) is 0 Å². The van der Waals surface area contributed by atoms with Gasteiger partial charge in [0.15, 0.2) is 5.82 Å². The highest BCUT2D eigenvalue weighted by Crippen LogP contribution is 2.33. The number of rotatable bonds is 3. The van der Waals surface area contributed by atoms with Crippen LogP contribution >= 0.6 is 0 Å². The monoisotopic (exact) mass is 285 g/mol. The van der Waals surface area contributed by atoms with Gasteiger partial charge in [-0.25, -0.2) is 4.98 Å². The highest BCUT2D eigenvalue weighted by Gasteiger charge is 2.23. The third-order valence-electron chi connectivity index (χ3n) is 3.99. The van der Waals surface area contributed by atoms with Crippen molar-refractivity contribution in [2.24, 2.45) is 5.92 Å². The molecule has 1 aliphatic heterocycles. The molecular formula is C16H23N5. The van der Waals surface area contributed by atoms with E-state index in [-0.39, 0.29) is 0 Å². The Morgan fingerprint density at radius 2 is 1.95 bits per heavy atom. The SMILES string of the molecule is CCn1cnc(CN2CC(C)CN(C)c3ccccc32)n1. The van der Waals surface area contributed by atoms with Crippen LogP contribution in [0.25, 0.3) is 0 Å². The lowest BCUT2D eigenvalue weighted by Crippen LogP contribution is -2.29. The first-order chi connectivity index (χ1) is 10.2. The Hall–Kier alpha value is -2.04. The zero-order valence-electron chi connectivity index (χ0n) is 13.0. The second kappa shape index (κ2) is 5.76. The molecule has 5 heteroatoms. The maximum Gasteiger partial charge on any atom is 0.169 e. The third-order valence-corrected chi connectivity index (χ3v) is 3.99. The van der Waals surface area contributed by atoms with Gasteiger partial charge in [-0.15, -0.1) is 0 Å². The minimum Gasteiger partial charge on any atom is -0.373 e. The van der Waals surface area contributed by atoms with Gasteiger partial charge in [-0.1, -0.05) is 19.1 Å². The average molecular weight is 285 g/mol. The average Bonchev–Trinajstić information content (AvgIpc) is 2.89. The van der Waals surface area contributed by atoms with Gasteiger partial charge in [0.1, 0.15) is 6.33 Å². The summed E-state index contributed by atoms with van der Waals surface area (Å²) in [5.41, 5.74) is 2.56. The van der Waals surface area contributed by atoms with Gasteiger partial charge in [-0.05, 0) is 25.0 Å². The fourth-order valence-corrected chi connectivity index (χ4v) is 3.03. The molecule has 0 saturated heterocycles. The van der Waals surface area contributed by atoms with Crippen LogP contribution in [0, 0.1) is 5.92 Å². The number of aryl methyl sites for hydroxylation is 1. The molecule has 112 valence electrons. The molecule has 1 unspecified atom stereocenters. The summed E-state index contributed by atoms with van der Waals surface area (Å²) in [6, 6.07) is 8.60. The molecule has 0 fully saturated rings. The van der Waals surface area contributed by atoms with Crippen LogP contribution in [0.15, 0.2) is 30.6 Å². The zero-order chi connectivity index (χ0) is 14.8. The molecular weight excluding hydrogens is 262 g/mol. The molecule has 0 bridgehead atoms. The molecule has 0 saturated carbocycles. The minimum atomic E-state index is 0.607. The molecule has 0 amide bonds. The molecule has 1 atom stereocenters. The molecule has 0 aliphatic carbocycles. The molecule has 2 aromatic rings. The Labute approximate surface area is 126 Å². The molecule has 0 N–H and O–H groups in total. The second-order valence-electron chi connectivity index (χ2n) is 5.87. The van der Waals surface area contributed by atoms with E-state index in [0.29, 0.717) is 5.92 Å². The van der Waals surface area contributed by atoms with Crippen molar-refractivity contribution >= 4 is 11.4 Å². The van der Waals surface area contributed by atoms with E-state index >= 15 is 0 Å². The normalized spacial score (nSPS) is 18.5. The summed E-state index contributed by atoms with van der Waals surface area (Å²) in [6.07, 6.45) is 1.81. The summed E-state index contributed by atoms with van der Waals surface area (Å²) >= 11 is 0. The van der Waals surface area contributed by atoms with E-state index in [1.165, 1.54) is 11.4 Å². The number of hydrogen-bond acceptors (Lipinski definition) is 4. The van der Waals surface area contributed by atoms with Crippen LogP contribution < -0.4 is 9.80 Å². The molecule has 1 aliphatic rings. The Morgan fingerprint density at radius 1 is 1.19 bits per heavy atom. The summed E-state index contributed by atoms with van der Waals surface area (Å²) in [4.78, 5) is 9.17. The summed E-state index contributed by atoms with van der Waals surface area (Å²) in [5.74, 6) is 1.50. The van der Waals surface area contributed by atoms with Crippen molar-refractivity contribution in [2.75, 3.05) is 29.9 Å². The van der Waals surface area contributed by atoms with E-state index in [0.717, 1.165) is 32.0 Å². The van der Waals surface area contributed by atoms with Crippen molar-refractivity contribution in [2.45, 2.75) is 26.9 Å². The van der Waals surface area contributed by atoms with Crippen LogP contribution in [0.1, 0.15) is 19.7 Å². The molecule has 1 aromatic heterocycles. The maximum atomic E-state index is 4.52. The first-order valence-electron chi connectivity index (χ1n) is 7.60. The molecule has 2 heterocycles. The molecule has 1 aromatic carbocycles. The quantitative estimate of drug-likeness (QED) is 0.868. The van der Waals surface area contributed by atoms with Crippen LogP contribution in [-0.4, -0.2) is 34.9 Å². The number of fused-ring (bicyclic) bond motifs is 1. The summed E-state index contributed by atoms with van der Waals surface area (Å²) in [7, 11) is 2.17. The largest absolute Gasteiger partial charge is 0.373 e. The lowest BCUT2D eigenvalue weighted by atomic mass is 10.1. The Morgan fingerprint density at radius 3 is 2.67 bits per heavy atom. The minimum absolute atomic E-state index is 0.607. The van der Waals surface area contributed by atoms with E-state index in [9.17, 15) is 0 Å². The fourth-order valence-electron chi connectivity index (χ4n) is 3.03. The highest BCUT2D eigenvalue weighted by molar-refractivity contribution is 5.71. The lowest BCUT2D eigenvalue weighted by Gasteiger charge is -2.25. The van der Waals surface area contributed by atoms with Gasteiger partial charge in [0.2, 0.25) is 0 Å². The second-order valence-corrected chi connectivity index (χ2v) is 5.87. The van der Waals surface area contributed by atoms with Crippen molar-refractivity contribution in [3.05, 3.63) is 36.4 Å². The standard InChI is InChI=1S/C16H23N5/c1-4-21-12-17-16(18-21)11-20-10-13(2)9-19(3)14-7-5-6-8-15(14)20/h5-8,12-13H,4,9-11H2,1-3H3. The van der Waals surface area contributed by atoms with Crippen molar-refractivity contribution in [3.8, 4) is 0 Å². The molecule has 3 rings (SSSR count). The molecule has 0 radical (unpaired) electrons. The number of nitrogens with zero attached hydrogens (tertiary/aromatic N) is 5. The van der Waals surface area contributed by atoms with Gasteiger partial charge in [0.05, 0.1) is 17.9 Å². The number of hydrogen-bond donors (Lipinski definition) is 0. The first kappa shape index (κ1) is 13.9. The Kier molecular flexibility index (Phi) is 3.82. The third kappa shape index (κ3) is 2.86. The van der Waals surface area contributed by atoms with E-state index < -0.39 is 0 Å². The van der Waals surface area contributed by atoms with Gasteiger partial charge in [0.25, 0.3) is 0 Å². The predicted octanol–water partition coefficient (Wildman–Crippen LogP) is 2.39. The number of anilines is 2. The molecule has 5 nitrogen and oxygen atoms in total. The van der Waals surface area contributed by atoms with Crippen molar-refractivity contribution in [1.29, 1.82) is 0 Å². The number of benzene rings is 1. The number of aromatic nitrogens is 3. The van der Waals surface area contributed by atoms with Gasteiger partial charge in [-0.3, -0.25) is 4.68 Å². The first-order valence-corrected chi connectivity index (χ1v) is 7.60. The fraction of sp³-hybridized carbons (Fsp3) is 0.500. The Balaban J connectivity index is 1.90. The van der Waals surface area contributed by atoms with E-state index in [1.807, 2.05) is 11.0 Å².